The van der Waals surface area contributed by atoms with Crippen LogP contribution in [0.15, 0.2) is 24.3 Å². The number of para-hydroxylation sites is 1. The van der Waals surface area contributed by atoms with Crippen molar-refractivity contribution in [2.45, 2.75) is 31.9 Å². The molecule has 1 atom stereocenters. The summed E-state index contributed by atoms with van der Waals surface area (Å²) in [5, 5.41) is 4.64. The van der Waals surface area contributed by atoms with E-state index in [1.165, 1.54) is 4.70 Å². The fourth-order valence-electron chi connectivity index (χ4n) is 2.16. The molecule has 96 valence electrons. The molecule has 0 aliphatic carbocycles. The first-order chi connectivity index (χ1) is 8.64. The van der Waals surface area contributed by atoms with Crippen LogP contribution in [0.1, 0.15) is 31.4 Å². The first-order valence-corrected chi connectivity index (χ1v) is 7.18. The van der Waals surface area contributed by atoms with E-state index >= 15 is 0 Å². The zero-order valence-electron chi connectivity index (χ0n) is 10.8. The molecule has 2 aromatic rings. The Labute approximate surface area is 111 Å². The van der Waals surface area contributed by atoms with Crippen LogP contribution in [0.3, 0.4) is 0 Å². The van der Waals surface area contributed by atoms with Gasteiger partial charge in [-0.25, -0.2) is 4.98 Å². The largest absolute Gasteiger partial charge is 0.370 e. The highest BCUT2D eigenvalue weighted by atomic mass is 32.1. The number of nitrogens with one attached hydrogen (secondary N) is 1. The van der Waals surface area contributed by atoms with Gasteiger partial charge in [-0.1, -0.05) is 12.1 Å². The van der Waals surface area contributed by atoms with Gasteiger partial charge in [0.25, 0.3) is 0 Å². The van der Waals surface area contributed by atoms with Gasteiger partial charge < -0.3 is 10.1 Å². The molecule has 1 aromatic carbocycles. The van der Waals surface area contributed by atoms with Crippen molar-refractivity contribution in [3.05, 3.63) is 29.3 Å². The van der Waals surface area contributed by atoms with Crippen LogP contribution < -0.4 is 5.32 Å². The molecule has 1 fully saturated rings. The maximum absolute atomic E-state index is 5.94. The van der Waals surface area contributed by atoms with Gasteiger partial charge >= 0.3 is 0 Å². The first kappa shape index (κ1) is 12.1. The summed E-state index contributed by atoms with van der Waals surface area (Å²) in [5.74, 6) is 0. The predicted molar refractivity (Wildman–Crippen MR) is 75.0 cm³/mol. The second-order valence-corrected chi connectivity index (χ2v) is 6.46. The normalized spacial score (nSPS) is 24.0. The van der Waals surface area contributed by atoms with Crippen LogP contribution in [0.5, 0.6) is 0 Å². The molecule has 1 aliphatic rings. The monoisotopic (exact) mass is 262 g/mol. The molecule has 0 amide bonds. The Morgan fingerprint density at radius 2 is 2.22 bits per heavy atom. The van der Waals surface area contributed by atoms with Gasteiger partial charge in [0.05, 0.1) is 10.2 Å². The van der Waals surface area contributed by atoms with E-state index in [9.17, 15) is 0 Å². The standard InChI is InChI=1S/C14H18N2OS/c1-14(2)7-8-17-11(9-15-14)13-16-10-5-3-4-6-12(10)18-13/h3-6,11,15H,7-9H2,1-2H3. The Balaban J connectivity index is 1.85. The average molecular weight is 262 g/mol. The summed E-state index contributed by atoms with van der Waals surface area (Å²) in [6.07, 6.45) is 1.12. The van der Waals surface area contributed by atoms with Crippen molar-refractivity contribution >= 4 is 21.6 Å². The summed E-state index contributed by atoms with van der Waals surface area (Å²) in [6.45, 7) is 6.07. The summed E-state index contributed by atoms with van der Waals surface area (Å²) < 4.78 is 7.18. The zero-order chi connectivity index (χ0) is 12.6. The van der Waals surface area contributed by atoms with Crippen molar-refractivity contribution in [1.29, 1.82) is 0 Å². The second kappa shape index (κ2) is 4.61. The highest BCUT2D eigenvalue weighted by molar-refractivity contribution is 7.18. The number of hydrogen-bond donors (Lipinski definition) is 1. The molecule has 1 saturated heterocycles. The van der Waals surface area contributed by atoms with Gasteiger partial charge in [-0.05, 0) is 32.4 Å². The lowest BCUT2D eigenvalue weighted by atomic mass is 10.0. The summed E-state index contributed by atoms with van der Waals surface area (Å²) >= 11 is 1.74. The number of fused-ring (bicyclic) bond motifs is 1. The quantitative estimate of drug-likeness (QED) is 0.857. The van der Waals surface area contributed by atoms with Crippen LogP contribution in [-0.2, 0) is 4.74 Å². The number of thiazole rings is 1. The molecule has 0 spiro atoms. The third-order valence-electron chi connectivity index (χ3n) is 3.40. The third kappa shape index (κ3) is 2.41. The fourth-order valence-corrected chi connectivity index (χ4v) is 3.18. The van der Waals surface area contributed by atoms with Crippen molar-refractivity contribution < 1.29 is 4.74 Å². The Bertz CT molecular complexity index is 516. The highest BCUT2D eigenvalue weighted by Crippen LogP contribution is 2.30. The SMILES string of the molecule is CC1(C)CCOC(c2nc3ccccc3s2)CN1. The van der Waals surface area contributed by atoms with Gasteiger partial charge in [-0.2, -0.15) is 0 Å². The summed E-state index contributed by atoms with van der Waals surface area (Å²) in [7, 11) is 0. The maximum Gasteiger partial charge on any atom is 0.124 e. The van der Waals surface area contributed by atoms with Gasteiger partial charge in [0.1, 0.15) is 11.1 Å². The Morgan fingerprint density at radius 3 is 3.06 bits per heavy atom. The van der Waals surface area contributed by atoms with Crippen LogP contribution in [0.25, 0.3) is 10.2 Å². The Morgan fingerprint density at radius 1 is 1.39 bits per heavy atom. The van der Waals surface area contributed by atoms with E-state index in [0.717, 1.165) is 30.1 Å². The molecule has 0 radical (unpaired) electrons. The molecule has 1 unspecified atom stereocenters. The van der Waals surface area contributed by atoms with Crippen molar-refractivity contribution in [3.63, 3.8) is 0 Å². The van der Waals surface area contributed by atoms with Crippen molar-refractivity contribution in [1.82, 2.24) is 10.3 Å². The molecule has 4 heteroatoms. The number of rotatable bonds is 1. The predicted octanol–water partition coefficient (Wildman–Crippen LogP) is 3.13. The van der Waals surface area contributed by atoms with Gasteiger partial charge in [0, 0.05) is 18.7 Å². The first-order valence-electron chi connectivity index (χ1n) is 6.36. The number of hydrogen-bond acceptors (Lipinski definition) is 4. The van der Waals surface area contributed by atoms with E-state index in [-0.39, 0.29) is 11.6 Å². The molecule has 0 saturated carbocycles. The Kier molecular flexibility index (Phi) is 3.09. The van der Waals surface area contributed by atoms with Crippen LogP contribution in [0, 0.1) is 0 Å². The summed E-state index contributed by atoms with van der Waals surface area (Å²) in [5.41, 5.74) is 1.23. The summed E-state index contributed by atoms with van der Waals surface area (Å²) in [6, 6.07) is 8.26. The number of aromatic nitrogens is 1. The summed E-state index contributed by atoms with van der Waals surface area (Å²) in [4.78, 5) is 4.68. The van der Waals surface area contributed by atoms with E-state index < -0.39 is 0 Å². The van der Waals surface area contributed by atoms with Gasteiger partial charge in [-0.15, -0.1) is 11.3 Å². The van der Waals surface area contributed by atoms with E-state index in [0.29, 0.717) is 0 Å². The van der Waals surface area contributed by atoms with Crippen LogP contribution in [0.2, 0.25) is 0 Å². The molecule has 3 nitrogen and oxygen atoms in total. The molecular weight excluding hydrogens is 244 g/mol. The molecule has 2 heterocycles. The van der Waals surface area contributed by atoms with Crippen molar-refractivity contribution in [2.24, 2.45) is 0 Å². The molecule has 3 rings (SSSR count). The molecule has 18 heavy (non-hydrogen) atoms. The molecule has 1 aliphatic heterocycles. The molecule has 0 bridgehead atoms. The van der Waals surface area contributed by atoms with Crippen molar-refractivity contribution in [2.75, 3.05) is 13.2 Å². The minimum absolute atomic E-state index is 0.0872. The average Bonchev–Trinajstić information content (AvgIpc) is 2.68. The topological polar surface area (TPSA) is 34.1 Å². The highest BCUT2D eigenvalue weighted by Gasteiger charge is 2.26. The lowest BCUT2D eigenvalue weighted by Gasteiger charge is -2.22. The number of ether oxygens (including phenoxy) is 1. The van der Waals surface area contributed by atoms with Crippen LogP contribution in [0.4, 0.5) is 0 Å². The van der Waals surface area contributed by atoms with Gasteiger partial charge in [0.2, 0.25) is 0 Å². The van der Waals surface area contributed by atoms with E-state index in [4.69, 9.17) is 4.74 Å². The number of nitrogens with zero attached hydrogens (tertiary/aromatic N) is 1. The third-order valence-corrected chi connectivity index (χ3v) is 4.53. The van der Waals surface area contributed by atoms with E-state index in [2.05, 4.69) is 42.3 Å². The van der Waals surface area contributed by atoms with Crippen LogP contribution >= 0.6 is 11.3 Å². The fraction of sp³-hybridized carbons (Fsp3) is 0.500. The zero-order valence-corrected chi connectivity index (χ0v) is 11.6. The van der Waals surface area contributed by atoms with Crippen molar-refractivity contribution in [3.8, 4) is 0 Å². The van der Waals surface area contributed by atoms with Gasteiger partial charge in [-0.3, -0.25) is 0 Å². The minimum atomic E-state index is 0.0872. The van der Waals surface area contributed by atoms with E-state index in [1.807, 2.05) is 6.07 Å². The second-order valence-electron chi connectivity index (χ2n) is 5.39. The lowest BCUT2D eigenvalue weighted by molar-refractivity contribution is 0.0656. The van der Waals surface area contributed by atoms with E-state index in [1.54, 1.807) is 11.3 Å². The lowest BCUT2D eigenvalue weighted by Crippen LogP contribution is -2.39. The minimum Gasteiger partial charge on any atom is -0.370 e. The van der Waals surface area contributed by atoms with Gasteiger partial charge in [0.15, 0.2) is 0 Å². The molecule has 1 aromatic heterocycles. The molecular formula is C14H18N2OS. The maximum atomic E-state index is 5.94. The number of benzene rings is 1. The molecule has 1 N–H and O–H groups in total. The van der Waals surface area contributed by atoms with Crippen LogP contribution in [-0.4, -0.2) is 23.7 Å². The smallest absolute Gasteiger partial charge is 0.124 e. The Hall–Kier alpha value is -0.970.